The number of imidazole rings is 1. The van der Waals surface area contributed by atoms with Gasteiger partial charge in [-0.05, 0) is 19.3 Å². The molecule has 10 N–H and O–H groups in total. The van der Waals surface area contributed by atoms with Crippen LogP contribution in [0.2, 0.25) is 0 Å². The second kappa shape index (κ2) is 13.3. The number of nitrogens with zero attached hydrogens (tertiary/aromatic N) is 1. The molecule has 14 heteroatoms. The maximum atomic E-state index is 13.0. The minimum atomic E-state index is -1.55. The Hall–Kier alpha value is -3.52. The van der Waals surface area contributed by atoms with Crippen molar-refractivity contribution in [3.05, 3.63) is 18.2 Å². The van der Waals surface area contributed by atoms with E-state index in [1.807, 2.05) is 0 Å². The van der Waals surface area contributed by atoms with Crippen molar-refractivity contribution in [1.82, 2.24) is 25.9 Å². The van der Waals surface area contributed by atoms with Gasteiger partial charge < -0.3 is 42.6 Å². The molecule has 1 rings (SSSR count). The lowest BCUT2D eigenvalue weighted by atomic mass is 10.0. The van der Waals surface area contributed by atoms with Crippen LogP contribution in [0.1, 0.15) is 39.3 Å². The van der Waals surface area contributed by atoms with Crippen molar-refractivity contribution < 1.29 is 34.2 Å². The third kappa shape index (κ3) is 9.15. The Balaban J connectivity index is 3.01. The molecule has 190 valence electrons. The van der Waals surface area contributed by atoms with Crippen LogP contribution >= 0.6 is 0 Å². The van der Waals surface area contributed by atoms with E-state index in [0.29, 0.717) is 5.69 Å². The van der Waals surface area contributed by atoms with E-state index >= 15 is 0 Å². The van der Waals surface area contributed by atoms with Gasteiger partial charge in [-0.25, -0.2) is 9.78 Å². The molecule has 34 heavy (non-hydrogen) atoms. The lowest BCUT2D eigenvalue weighted by Crippen LogP contribution is -2.60. The zero-order valence-corrected chi connectivity index (χ0v) is 19.3. The van der Waals surface area contributed by atoms with Gasteiger partial charge in [0.15, 0.2) is 0 Å². The third-order valence-electron chi connectivity index (χ3n) is 4.99. The van der Waals surface area contributed by atoms with Gasteiger partial charge in [-0.1, -0.05) is 13.8 Å². The molecule has 0 aromatic carbocycles. The van der Waals surface area contributed by atoms with Gasteiger partial charge in [0.05, 0.1) is 18.5 Å². The molecular weight excluding hydrogens is 450 g/mol. The van der Waals surface area contributed by atoms with E-state index in [-0.39, 0.29) is 25.2 Å². The Morgan fingerprint density at radius 2 is 1.65 bits per heavy atom. The Bertz CT molecular complexity index is 857. The summed E-state index contributed by atoms with van der Waals surface area (Å²) in [7, 11) is 0. The normalized spacial score (nSPS) is 15.5. The summed E-state index contributed by atoms with van der Waals surface area (Å²) in [4.78, 5) is 67.1. The number of nitrogens with one attached hydrogen (secondary N) is 4. The third-order valence-corrected chi connectivity index (χ3v) is 4.99. The van der Waals surface area contributed by atoms with Crippen LogP contribution in [0.15, 0.2) is 12.5 Å². The topological polar surface area (TPSA) is 243 Å². The minimum absolute atomic E-state index is 0.0209. The molecule has 0 saturated carbocycles. The van der Waals surface area contributed by atoms with Crippen LogP contribution in [0.25, 0.3) is 0 Å². The number of carbonyl (C=O) groups excluding carboxylic acids is 4. The molecule has 0 radical (unpaired) electrons. The largest absolute Gasteiger partial charge is 0.480 e. The van der Waals surface area contributed by atoms with Crippen molar-refractivity contribution in [3.63, 3.8) is 0 Å². The van der Waals surface area contributed by atoms with Gasteiger partial charge in [0.1, 0.15) is 18.1 Å². The number of aliphatic carboxylic acids is 1. The average molecular weight is 484 g/mol. The first-order valence-electron chi connectivity index (χ1n) is 10.7. The molecule has 0 bridgehead atoms. The molecule has 0 aliphatic heterocycles. The number of aromatic amines is 1. The number of carboxylic acid groups (broad SMARTS) is 1. The number of carbonyl (C=O) groups is 5. The number of H-pyrrole nitrogens is 1. The van der Waals surface area contributed by atoms with Crippen molar-refractivity contribution >= 4 is 29.6 Å². The summed E-state index contributed by atoms with van der Waals surface area (Å²) in [5, 5.41) is 26.4. The van der Waals surface area contributed by atoms with E-state index in [4.69, 9.17) is 11.5 Å². The highest BCUT2D eigenvalue weighted by Gasteiger charge is 2.33. The van der Waals surface area contributed by atoms with Gasteiger partial charge in [0.25, 0.3) is 0 Å². The van der Waals surface area contributed by atoms with Crippen LogP contribution < -0.4 is 27.4 Å². The summed E-state index contributed by atoms with van der Waals surface area (Å²) >= 11 is 0. The molecular formula is C20H33N7O7. The van der Waals surface area contributed by atoms with Crippen molar-refractivity contribution in [2.24, 2.45) is 17.4 Å². The minimum Gasteiger partial charge on any atom is -0.480 e. The predicted molar refractivity (Wildman–Crippen MR) is 119 cm³/mol. The Kier molecular flexibility index (Phi) is 11.1. The molecule has 0 spiro atoms. The van der Waals surface area contributed by atoms with Crippen molar-refractivity contribution in [1.29, 1.82) is 0 Å². The molecule has 0 aliphatic carbocycles. The number of amides is 4. The number of rotatable bonds is 14. The van der Waals surface area contributed by atoms with Crippen LogP contribution in [0.4, 0.5) is 0 Å². The summed E-state index contributed by atoms with van der Waals surface area (Å²) in [5.74, 6) is -4.78. The van der Waals surface area contributed by atoms with Gasteiger partial charge in [0, 0.05) is 24.7 Å². The summed E-state index contributed by atoms with van der Waals surface area (Å²) in [6.07, 6.45) is 0.822. The maximum absolute atomic E-state index is 13.0. The van der Waals surface area contributed by atoms with Crippen LogP contribution in [-0.4, -0.2) is 80.1 Å². The Morgan fingerprint density at radius 3 is 2.12 bits per heavy atom. The molecule has 1 aromatic rings. The maximum Gasteiger partial charge on any atom is 0.326 e. The number of carboxylic acids is 1. The van der Waals surface area contributed by atoms with Crippen LogP contribution in [0.3, 0.4) is 0 Å². The molecule has 1 heterocycles. The molecule has 5 atom stereocenters. The summed E-state index contributed by atoms with van der Waals surface area (Å²) in [6.45, 7) is 4.69. The highest BCUT2D eigenvalue weighted by Crippen LogP contribution is 2.05. The van der Waals surface area contributed by atoms with Gasteiger partial charge in [-0.3, -0.25) is 19.2 Å². The fourth-order valence-electron chi connectivity index (χ4n) is 2.86. The van der Waals surface area contributed by atoms with Gasteiger partial charge in [-0.15, -0.1) is 0 Å². The summed E-state index contributed by atoms with van der Waals surface area (Å²) in [5.41, 5.74) is 11.4. The molecule has 0 fully saturated rings. The number of aromatic nitrogens is 2. The van der Waals surface area contributed by atoms with E-state index in [1.54, 1.807) is 13.8 Å². The number of nitrogens with two attached hydrogens (primary N) is 2. The van der Waals surface area contributed by atoms with Crippen LogP contribution in [-0.2, 0) is 30.4 Å². The number of aliphatic hydroxyl groups is 1. The first kappa shape index (κ1) is 28.5. The van der Waals surface area contributed by atoms with E-state index in [2.05, 4.69) is 25.9 Å². The van der Waals surface area contributed by atoms with E-state index in [9.17, 15) is 34.2 Å². The first-order chi connectivity index (χ1) is 15.8. The Labute approximate surface area is 196 Å². The number of hydrogen-bond donors (Lipinski definition) is 8. The smallest absolute Gasteiger partial charge is 0.326 e. The molecule has 14 nitrogen and oxygen atoms in total. The molecule has 0 aliphatic rings. The monoisotopic (exact) mass is 483 g/mol. The summed E-state index contributed by atoms with van der Waals surface area (Å²) in [6, 6.07) is -5.10. The fourth-order valence-corrected chi connectivity index (χ4v) is 2.86. The fraction of sp³-hybridized carbons (Fsp3) is 0.600. The lowest BCUT2D eigenvalue weighted by Gasteiger charge is -2.26. The van der Waals surface area contributed by atoms with Crippen molar-refractivity contribution in [3.8, 4) is 0 Å². The van der Waals surface area contributed by atoms with Gasteiger partial charge in [-0.2, -0.15) is 0 Å². The zero-order chi connectivity index (χ0) is 26.0. The van der Waals surface area contributed by atoms with Gasteiger partial charge in [0.2, 0.25) is 23.6 Å². The standard InChI is InChI=1S/C20H33N7O7/c1-9(2)15(22)18(31)26-13(6-11-7-23-8-24-11)17(30)27-16(10(3)28)19(32)25-12(20(33)34)4-5-14(21)29/h7-10,12-13,15-16,28H,4-6,22H2,1-3H3,(H2,21,29)(H,23,24)(H,25,32)(H,26,31)(H,27,30)(H,33,34). The predicted octanol–water partition coefficient (Wildman–Crippen LogP) is -2.88. The molecule has 4 amide bonds. The second-order valence-corrected chi connectivity index (χ2v) is 8.24. The lowest BCUT2D eigenvalue weighted by molar-refractivity contribution is -0.143. The van der Waals surface area contributed by atoms with E-state index in [0.717, 1.165) is 0 Å². The van der Waals surface area contributed by atoms with Crippen molar-refractivity contribution in [2.75, 3.05) is 0 Å². The zero-order valence-electron chi connectivity index (χ0n) is 19.3. The molecule has 1 aromatic heterocycles. The summed E-state index contributed by atoms with van der Waals surface area (Å²) < 4.78 is 0. The first-order valence-corrected chi connectivity index (χ1v) is 10.7. The number of aliphatic hydroxyl groups excluding tert-OH is 1. The Morgan fingerprint density at radius 1 is 1.03 bits per heavy atom. The van der Waals surface area contributed by atoms with Crippen LogP contribution in [0.5, 0.6) is 0 Å². The highest BCUT2D eigenvalue weighted by molar-refractivity contribution is 5.94. The highest BCUT2D eigenvalue weighted by atomic mass is 16.4. The average Bonchev–Trinajstić information content (AvgIpc) is 3.25. The van der Waals surface area contributed by atoms with Crippen LogP contribution in [0, 0.1) is 5.92 Å². The molecule has 0 saturated heterocycles. The van der Waals surface area contributed by atoms with Gasteiger partial charge >= 0.3 is 5.97 Å². The molecule has 5 unspecified atom stereocenters. The SMILES string of the molecule is CC(C)C(N)C(=O)NC(Cc1cnc[nH]1)C(=O)NC(C(=O)NC(CCC(N)=O)C(=O)O)C(C)O. The second-order valence-electron chi connectivity index (χ2n) is 8.24. The van der Waals surface area contributed by atoms with E-state index < -0.39 is 59.9 Å². The number of hydrogen-bond acceptors (Lipinski definition) is 8. The quantitative estimate of drug-likeness (QED) is 0.135. The number of primary amides is 1. The van der Waals surface area contributed by atoms with E-state index in [1.165, 1.54) is 19.4 Å². The van der Waals surface area contributed by atoms with Crippen molar-refractivity contribution in [2.45, 2.75) is 70.3 Å².